The SMILES string of the molecule is Cc1ccc(N2C(=O)CC[C@H](C(=O)OCC(=O)Nc3ccc(F)c(F)c3)[C@H]2c2cccs2)cc1. The van der Waals surface area contributed by atoms with Gasteiger partial charge in [-0.15, -0.1) is 11.3 Å². The highest BCUT2D eigenvalue weighted by molar-refractivity contribution is 7.10. The first-order valence-electron chi connectivity index (χ1n) is 10.7. The van der Waals surface area contributed by atoms with Crippen LogP contribution in [0.5, 0.6) is 0 Å². The van der Waals surface area contributed by atoms with E-state index in [-0.39, 0.29) is 24.4 Å². The van der Waals surface area contributed by atoms with Crippen molar-refractivity contribution < 1.29 is 27.9 Å². The van der Waals surface area contributed by atoms with E-state index >= 15 is 0 Å². The number of carbonyl (C=O) groups is 3. The number of ether oxygens (including phenoxy) is 1. The van der Waals surface area contributed by atoms with Crippen LogP contribution in [0.15, 0.2) is 60.0 Å². The Balaban J connectivity index is 1.50. The average Bonchev–Trinajstić information content (AvgIpc) is 3.35. The Hall–Kier alpha value is -3.59. The van der Waals surface area contributed by atoms with Crippen molar-refractivity contribution in [1.82, 2.24) is 0 Å². The molecule has 2 amide bonds. The number of amides is 2. The van der Waals surface area contributed by atoms with Gasteiger partial charge < -0.3 is 15.0 Å². The molecular weight excluding hydrogens is 462 g/mol. The zero-order valence-corrected chi connectivity index (χ0v) is 19.1. The van der Waals surface area contributed by atoms with Crippen molar-refractivity contribution in [3.8, 4) is 0 Å². The molecule has 0 spiro atoms. The topological polar surface area (TPSA) is 75.7 Å². The maximum atomic E-state index is 13.4. The van der Waals surface area contributed by atoms with Crippen LogP contribution >= 0.6 is 11.3 Å². The van der Waals surface area contributed by atoms with Gasteiger partial charge in [0.05, 0.1) is 12.0 Å². The highest BCUT2D eigenvalue weighted by atomic mass is 32.1. The first kappa shape index (κ1) is 23.6. The second-order valence-electron chi connectivity index (χ2n) is 7.99. The molecule has 2 atom stereocenters. The molecule has 1 N–H and O–H groups in total. The third-order valence-electron chi connectivity index (χ3n) is 5.60. The monoisotopic (exact) mass is 484 g/mol. The van der Waals surface area contributed by atoms with Crippen LogP contribution in [0.2, 0.25) is 0 Å². The standard InChI is InChI=1S/C25H22F2N2O4S/c1-15-4-7-17(8-5-15)29-23(31)11-9-18(24(29)21-3-2-12-34-21)25(32)33-14-22(30)28-16-6-10-19(26)20(27)13-16/h2-8,10,12-13,18,24H,9,11,14H2,1H3,(H,28,30)/t18-,24-/m0/s1. The number of thiophene rings is 1. The molecule has 0 radical (unpaired) electrons. The van der Waals surface area contributed by atoms with E-state index in [1.54, 1.807) is 4.90 Å². The number of esters is 1. The predicted octanol–water partition coefficient (Wildman–Crippen LogP) is 5.00. The van der Waals surface area contributed by atoms with Crippen LogP contribution in [0.25, 0.3) is 0 Å². The average molecular weight is 485 g/mol. The Bertz CT molecular complexity index is 1200. The van der Waals surface area contributed by atoms with E-state index in [1.807, 2.05) is 48.7 Å². The lowest BCUT2D eigenvalue weighted by Crippen LogP contribution is -2.46. The summed E-state index contributed by atoms with van der Waals surface area (Å²) in [5, 5.41) is 4.24. The lowest BCUT2D eigenvalue weighted by atomic mass is 9.87. The van der Waals surface area contributed by atoms with Crippen molar-refractivity contribution in [2.45, 2.75) is 25.8 Å². The first-order valence-corrected chi connectivity index (χ1v) is 11.5. The van der Waals surface area contributed by atoms with Crippen LogP contribution in [0, 0.1) is 24.5 Å². The molecule has 0 saturated carbocycles. The van der Waals surface area contributed by atoms with Gasteiger partial charge >= 0.3 is 5.97 Å². The summed E-state index contributed by atoms with van der Waals surface area (Å²) in [6, 6.07) is 13.6. The molecule has 0 unspecified atom stereocenters. The number of aryl methyl sites for hydroxylation is 1. The van der Waals surface area contributed by atoms with Crippen molar-refractivity contribution in [2.24, 2.45) is 5.92 Å². The minimum absolute atomic E-state index is 0.0465. The highest BCUT2D eigenvalue weighted by Crippen LogP contribution is 2.42. The molecule has 1 aliphatic rings. The van der Waals surface area contributed by atoms with Gasteiger partial charge in [-0.2, -0.15) is 0 Å². The Labute approximate surface area is 199 Å². The second kappa shape index (κ2) is 10.1. The molecule has 4 rings (SSSR count). The van der Waals surface area contributed by atoms with Crippen LogP contribution in [0.1, 0.15) is 29.3 Å². The number of anilines is 2. The van der Waals surface area contributed by atoms with E-state index in [4.69, 9.17) is 4.74 Å². The van der Waals surface area contributed by atoms with Gasteiger partial charge in [0.25, 0.3) is 5.91 Å². The van der Waals surface area contributed by atoms with Crippen LogP contribution < -0.4 is 10.2 Å². The number of piperidine rings is 1. The van der Waals surface area contributed by atoms with Crippen molar-refractivity contribution in [3.05, 3.63) is 82.1 Å². The van der Waals surface area contributed by atoms with E-state index in [2.05, 4.69) is 5.32 Å². The fourth-order valence-corrected chi connectivity index (χ4v) is 4.83. The number of hydrogen-bond donors (Lipinski definition) is 1. The quantitative estimate of drug-likeness (QED) is 0.500. The molecule has 9 heteroatoms. The van der Waals surface area contributed by atoms with Crippen molar-refractivity contribution >= 4 is 40.5 Å². The molecule has 0 bridgehead atoms. The molecule has 1 saturated heterocycles. The number of rotatable bonds is 6. The zero-order valence-electron chi connectivity index (χ0n) is 18.3. The van der Waals surface area contributed by atoms with Gasteiger partial charge in [-0.25, -0.2) is 8.78 Å². The highest BCUT2D eigenvalue weighted by Gasteiger charge is 2.43. The van der Waals surface area contributed by atoms with Crippen LogP contribution in [-0.2, 0) is 19.1 Å². The maximum absolute atomic E-state index is 13.4. The summed E-state index contributed by atoms with van der Waals surface area (Å²) in [6.07, 6.45) is 0.448. The Kier molecular flexibility index (Phi) is 7.02. The molecule has 1 aromatic heterocycles. The summed E-state index contributed by atoms with van der Waals surface area (Å²) in [7, 11) is 0. The normalized spacial score (nSPS) is 18.0. The Morgan fingerprint density at radius 3 is 2.56 bits per heavy atom. The van der Waals surface area contributed by atoms with Gasteiger partial charge in [0, 0.05) is 28.7 Å². The van der Waals surface area contributed by atoms with Gasteiger partial charge in [0.15, 0.2) is 18.2 Å². The third kappa shape index (κ3) is 5.14. The number of nitrogens with one attached hydrogen (secondary N) is 1. The molecule has 1 aliphatic heterocycles. The minimum atomic E-state index is -1.10. The number of halogens is 2. The van der Waals surface area contributed by atoms with Gasteiger partial charge in [-0.1, -0.05) is 23.8 Å². The molecule has 2 heterocycles. The van der Waals surface area contributed by atoms with E-state index in [1.165, 1.54) is 17.4 Å². The molecule has 34 heavy (non-hydrogen) atoms. The van der Waals surface area contributed by atoms with Crippen LogP contribution in [0.4, 0.5) is 20.2 Å². The van der Waals surface area contributed by atoms with Crippen LogP contribution in [-0.4, -0.2) is 24.4 Å². The number of hydrogen-bond acceptors (Lipinski definition) is 5. The summed E-state index contributed by atoms with van der Waals surface area (Å²) in [5.41, 5.74) is 1.77. The van der Waals surface area contributed by atoms with E-state index < -0.39 is 42.1 Å². The van der Waals surface area contributed by atoms with E-state index in [0.717, 1.165) is 22.6 Å². The summed E-state index contributed by atoms with van der Waals surface area (Å²) in [4.78, 5) is 40.7. The zero-order chi connectivity index (χ0) is 24.2. The molecule has 2 aromatic carbocycles. The molecule has 1 fully saturated rings. The molecule has 0 aliphatic carbocycles. The van der Waals surface area contributed by atoms with Crippen molar-refractivity contribution in [2.75, 3.05) is 16.8 Å². The maximum Gasteiger partial charge on any atom is 0.311 e. The Morgan fingerprint density at radius 2 is 1.88 bits per heavy atom. The lowest BCUT2D eigenvalue weighted by molar-refractivity contribution is -0.153. The van der Waals surface area contributed by atoms with Crippen LogP contribution in [0.3, 0.4) is 0 Å². The largest absolute Gasteiger partial charge is 0.455 e. The summed E-state index contributed by atoms with van der Waals surface area (Å²) >= 11 is 1.44. The smallest absolute Gasteiger partial charge is 0.311 e. The fraction of sp³-hybridized carbons (Fsp3) is 0.240. The second-order valence-corrected chi connectivity index (χ2v) is 8.97. The van der Waals surface area contributed by atoms with Crippen molar-refractivity contribution in [3.63, 3.8) is 0 Å². The van der Waals surface area contributed by atoms with Gasteiger partial charge in [-0.3, -0.25) is 14.4 Å². The predicted molar refractivity (Wildman–Crippen MR) is 124 cm³/mol. The fourth-order valence-electron chi connectivity index (χ4n) is 3.95. The third-order valence-corrected chi connectivity index (χ3v) is 6.54. The van der Waals surface area contributed by atoms with E-state index in [9.17, 15) is 23.2 Å². The van der Waals surface area contributed by atoms with E-state index in [0.29, 0.717) is 5.69 Å². The minimum Gasteiger partial charge on any atom is -0.455 e. The van der Waals surface area contributed by atoms with Gasteiger partial charge in [-0.05, 0) is 49.1 Å². The number of carbonyl (C=O) groups excluding carboxylic acids is 3. The molecule has 6 nitrogen and oxygen atoms in total. The van der Waals surface area contributed by atoms with Gasteiger partial charge in [0.2, 0.25) is 5.91 Å². The van der Waals surface area contributed by atoms with Crippen molar-refractivity contribution in [1.29, 1.82) is 0 Å². The first-order chi connectivity index (χ1) is 16.3. The molecule has 176 valence electrons. The lowest BCUT2D eigenvalue weighted by Gasteiger charge is -2.39. The summed E-state index contributed by atoms with van der Waals surface area (Å²) in [6.45, 7) is 1.36. The molecular formula is C25H22F2N2O4S. The number of benzene rings is 2. The molecule has 3 aromatic rings. The Morgan fingerprint density at radius 1 is 1.12 bits per heavy atom. The number of nitrogens with zero attached hydrogens (tertiary/aromatic N) is 1. The summed E-state index contributed by atoms with van der Waals surface area (Å²) < 4.78 is 31.7. The van der Waals surface area contributed by atoms with Gasteiger partial charge in [0.1, 0.15) is 0 Å². The summed E-state index contributed by atoms with van der Waals surface area (Å²) in [5.74, 6) is -4.19.